The van der Waals surface area contributed by atoms with Crippen LogP contribution in [0.4, 0.5) is 15.8 Å². The Morgan fingerprint density at radius 2 is 1.74 bits per heavy atom. The smallest absolute Gasteiger partial charge is 0.269 e. The largest absolute Gasteiger partial charge is 0.486 e. The van der Waals surface area contributed by atoms with Crippen molar-refractivity contribution in [1.29, 1.82) is 0 Å². The maximum Gasteiger partial charge on any atom is 0.269 e. The number of thioether (sulfide) groups is 1. The number of para-hydroxylation sites is 1. The Bertz CT molecular complexity index is 1280. The molecule has 9 nitrogen and oxygen atoms in total. The van der Waals surface area contributed by atoms with Gasteiger partial charge in [-0.15, -0.1) is 10.2 Å². The molecule has 0 unspecified atom stereocenters. The lowest BCUT2D eigenvalue weighted by atomic mass is 10.3. The molecule has 0 saturated carbocycles. The molecule has 4 aromatic rings. The maximum absolute atomic E-state index is 13.1. The number of nitrogens with zero attached hydrogens (tertiary/aromatic N) is 4. The zero-order chi connectivity index (χ0) is 23.9. The lowest BCUT2D eigenvalue weighted by Crippen LogP contribution is -2.14. The van der Waals surface area contributed by atoms with E-state index in [0.29, 0.717) is 22.4 Å². The first-order valence-corrected chi connectivity index (χ1v) is 11.0. The third-order valence-corrected chi connectivity index (χ3v) is 5.52. The van der Waals surface area contributed by atoms with E-state index in [1.165, 1.54) is 60.3 Å². The van der Waals surface area contributed by atoms with E-state index in [1.54, 1.807) is 4.57 Å². The normalized spacial score (nSPS) is 10.6. The van der Waals surface area contributed by atoms with Crippen LogP contribution in [0.5, 0.6) is 5.75 Å². The number of non-ortho nitro benzene ring substituents is 1. The Morgan fingerprint density at radius 3 is 2.41 bits per heavy atom. The predicted molar refractivity (Wildman–Crippen MR) is 125 cm³/mol. The van der Waals surface area contributed by atoms with Crippen molar-refractivity contribution in [2.75, 3.05) is 11.1 Å². The highest BCUT2D eigenvalue weighted by Crippen LogP contribution is 2.24. The number of aromatic nitrogens is 3. The molecule has 0 aliphatic heterocycles. The van der Waals surface area contributed by atoms with E-state index in [-0.39, 0.29) is 29.8 Å². The summed E-state index contributed by atoms with van der Waals surface area (Å²) in [6, 6.07) is 20.6. The number of nitro benzene ring substituents is 1. The van der Waals surface area contributed by atoms with Gasteiger partial charge in [0.05, 0.1) is 10.7 Å². The number of hydrogen-bond acceptors (Lipinski definition) is 7. The zero-order valence-electron chi connectivity index (χ0n) is 17.6. The number of carbonyl (C=O) groups excluding carboxylic acids is 1. The number of halogens is 1. The predicted octanol–water partition coefficient (Wildman–Crippen LogP) is 4.62. The average Bonchev–Trinajstić information content (AvgIpc) is 3.26. The van der Waals surface area contributed by atoms with Crippen LogP contribution >= 0.6 is 11.8 Å². The highest BCUT2D eigenvalue weighted by Gasteiger charge is 2.17. The summed E-state index contributed by atoms with van der Waals surface area (Å²) < 4.78 is 20.6. The van der Waals surface area contributed by atoms with Gasteiger partial charge < -0.3 is 10.1 Å². The quantitative estimate of drug-likeness (QED) is 0.212. The second-order valence-electron chi connectivity index (χ2n) is 6.95. The summed E-state index contributed by atoms with van der Waals surface area (Å²) in [5.74, 6) is 0.341. The van der Waals surface area contributed by atoms with E-state index in [0.717, 1.165) is 5.69 Å². The molecule has 1 heterocycles. The van der Waals surface area contributed by atoms with E-state index >= 15 is 0 Å². The van der Waals surface area contributed by atoms with Gasteiger partial charge in [-0.2, -0.15) is 0 Å². The summed E-state index contributed by atoms with van der Waals surface area (Å²) in [4.78, 5) is 22.7. The summed E-state index contributed by atoms with van der Waals surface area (Å²) in [5.41, 5.74) is 1.25. The third kappa shape index (κ3) is 5.75. The van der Waals surface area contributed by atoms with Gasteiger partial charge in [0.25, 0.3) is 5.69 Å². The lowest BCUT2D eigenvalue weighted by molar-refractivity contribution is -0.384. The van der Waals surface area contributed by atoms with Crippen LogP contribution in [0.1, 0.15) is 5.82 Å². The first kappa shape index (κ1) is 22.9. The van der Waals surface area contributed by atoms with Gasteiger partial charge in [-0.1, -0.05) is 30.0 Å². The molecular formula is C23H18FN5O4S. The van der Waals surface area contributed by atoms with Crippen LogP contribution in [-0.4, -0.2) is 31.3 Å². The summed E-state index contributed by atoms with van der Waals surface area (Å²) in [6.07, 6.45) is 0. The molecule has 0 bridgehead atoms. The molecule has 1 aromatic heterocycles. The molecule has 11 heteroatoms. The SMILES string of the molecule is O=C(CSc1nnc(COc2ccc([N+](=O)[O-])cc2)n1-c1ccccc1)Nc1ccc(F)cc1. The molecule has 34 heavy (non-hydrogen) atoms. The van der Waals surface area contributed by atoms with E-state index < -0.39 is 4.92 Å². The molecule has 0 radical (unpaired) electrons. The summed E-state index contributed by atoms with van der Waals surface area (Å²) in [6.45, 7) is 0.0576. The minimum Gasteiger partial charge on any atom is -0.486 e. The van der Waals surface area contributed by atoms with Gasteiger partial charge in [-0.05, 0) is 48.5 Å². The molecule has 0 atom stereocenters. The Morgan fingerprint density at radius 1 is 1.03 bits per heavy atom. The van der Waals surface area contributed by atoms with Gasteiger partial charge in [-0.25, -0.2) is 4.39 Å². The molecule has 1 amide bonds. The lowest BCUT2D eigenvalue weighted by Gasteiger charge is -2.11. The second-order valence-corrected chi connectivity index (χ2v) is 7.90. The van der Waals surface area contributed by atoms with Crippen LogP contribution in [0.2, 0.25) is 0 Å². The van der Waals surface area contributed by atoms with E-state index in [1.807, 2.05) is 30.3 Å². The van der Waals surface area contributed by atoms with Crippen molar-refractivity contribution in [1.82, 2.24) is 14.8 Å². The number of carbonyl (C=O) groups is 1. The molecule has 4 rings (SSSR count). The molecule has 1 N–H and O–H groups in total. The highest BCUT2D eigenvalue weighted by molar-refractivity contribution is 7.99. The van der Waals surface area contributed by atoms with E-state index in [2.05, 4.69) is 15.5 Å². The molecule has 3 aromatic carbocycles. The van der Waals surface area contributed by atoms with Crippen LogP contribution in [0.3, 0.4) is 0 Å². The summed E-state index contributed by atoms with van der Waals surface area (Å²) >= 11 is 1.19. The van der Waals surface area contributed by atoms with E-state index in [9.17, 15) is 19.3 Å². The molecule has 0 aliphatic rings. The molecule has 172 valence electrons. The topological polar surface area (TPSA) is 112 Å². The number of ether oxygens (including phenoxy) is 1. The molecule has 0 spiro atoms. The summed E-state index contributed by atoms with van der Waals surface area (Å²) in [7, 11) is 0. The minimum atomic E-state index is -0.481. The number of benzene rings is 3. The summed E-state index contributed by atoms with van der Waals surface area (Å²) in [5, 5.41) is 22.4. The first-order chi connectivity index (χ1) is 16.5. The zero-order valence-corrected chi connectivity index (χ0v) is 18.4. The molecule has 0 saturated heterocycles. The van der Waals surface area contributed by atoms with Crippen molar-refractivity contribution >= 4 is 29.0 Å². The van der Waals surface area contributed by atoms with Gasteiger partial charge in [0.1, 0.15) is 18.2 Å². The van der Waals surface area contributed by atoms with Crippen LogP contribution in [0, 0.1) is 15.9 Å². The van der Waals surface area contributed by atoms with Gasteiger partial charge in [-0.3, -0.25) is 19.5 Å². The number of nitrogens with one attached hydrogen (secondary N) is 1. The van der Waals surface area contributed by atoms with Gasteiger partial charge >= 0.3 is 0 Å². The van der Waals surface area contributed by atoms with Crippen LogP contribution in [0.25, 0.3) is 5.69 Å². The van der Waals surface area contributed by atoms with Crippen molar-refractivity contribution in [2.24, 2.45) is 0 Å². The fourth-order valence-corrected chi connectivity index (χ4v) is 3.77. The third-order valence-electron chi connectivity index (χ3n) is 4.59. The number of hydrogen-bond donors (Lipinski definition) is 1. The molecule has 0 fully saturated rings. The Kier molecular flexibility index (Phi) is 7.13. The van der Waals surface area contributed by atoms with Crippen LogP contribution in [0.15, 0.2) is 84.0 Å². The van der Waals surface area contributed by atoms with E-state index in [4.69, 9.17) is 4.74 Å². The van der Waals surface area contributed by atoms with Gasteiger partial charge in [0, 0.05) is 23.5 Å². The average molecular weight is 479 g/mol. The second kappa shape index (κ2) is 10.6. The van der Waals surface area contributed by atoms with Crippen LogP contribution < -0.4 is 10.1 Å². The minimum absolute atomic E-state index is 0.0302. The number of rotatable bonds is 9. The fourth-order valence-electron chi connectivity index (χ4n) is 3.00. The Balaban J connectivity index is 1.47. The Labute approximate surface area is 197 Å². The van der Waals surface area contributed by atoms with Gasteiger partial charge in [0.15, 0.2) is 11.0 Å². The maximum atomic E-state index is 13.1. The number of nitro groups is 1. The Hall–Kier alpha value is -4.25. The molecular weight excluding hydrogens is 461 g/mol. The van der Waals surface area contributed by atoms with Crippen molar-refractivity contribution in [3.05, 3.63) is 101 Å². The number of amides is 1. The van der Waals surface area contributed by atoms with Crippen molar-refractivity contribution in [2.45, 2.75) is 11.8 Å². The van der Waals surface area contributed by atoms with Crippen molar-refractivity contribution < 1.29 is 18.8 Å². The first-order valence-electron chi connectivity index (χ1n) is 10.0. The van der Waals surface area contributed by atoms with Gasteiger partial charge in [0.2, 0.25) is 5.91 Å². The highest BCUT2D eigenvalue weighted by atomic mass is 32.2. The van der Waals surface area contributed by atoms with Crippen molar-refractivity contribution in [3.8, 4) is 11.4 Å². The number of anilines is 1. The standard InChI is InChI=1S/C23H18FN5O4S/c24-16-6-8-17(9-7-16)25-22(30)15-34-23-27-26-21(28(23)18-4-2-1-3-5-18)14-33-20-12-10-19(11-13-20)29(31)32/h1-13H,14-15H2,(H,25,30). The monoisotopic (exact) mass is 479 g/mol. The van der Waals surface area contributed by atoms with Crippen LogP contribution in [-0.2, 0) is 11.4 Å². The molecule has 0 aliphatic carbocycles. The fraction of sp³-hybridized carbons (Fsp3) is 0.0870. The van der Waals surface area contributed by atoms with Crippen molar-refractivity contribution in [3.63, 3.8) is 0 Å².